The van der Waals surface area contributed by atoms with E-state index >= 15 is 0 Å². The van der Waals surface area contributed by atoms with Crippen molar-refractivity contribution in [2.24, 2.45) is 4.99 Å². The van der Waals surface area contributed by atoms with Gasteiger partial charge in [0.25, 0.3) is 5.91 Å². The molecular weight excluding hydrogens is 345 g/mol. The number of carbonyl (C=O) groups is 1. The minimum absolute atomic E-state index is 0.0635. The molecule has 0 saturated carbocycles. The second kappa shape index (κ2) is 8.77. The van der Waals surface area contributed by atoms with Crippen molar-refractivity contribution in [2.45, 2.75) is 32.8 Å². The first-order valence-electron chi connectivity index (χ1n) is 9.08. The molecule has 1 unspecified atom stereocenters. The summed E-state index contributed by atoms with van der Waals surface area (Å²) in [6.07, 6.45) is 2.04. The van der Waals surface area contributed by atoms with Crippen molar-refractivity contribution in [3.8, 4) is 0 Å². The van der Waals surface area contributed by atoms with E-state index < -0.39 is 0 Å². The number of hydrogen-bond acceptors (Lipinski definition) is 3. The Morgan fingerprint density at radius 3 is 2.63 bits per heavy atom. The van der Waals surface area contributed by atoms with E-state index in [0.717, 1.165) is 30.6 Å². The average Bonchev–Trinajstić information content (AvgIpc) is 3.17. The smallest absolute Gasteiger partial charge is 0.257 e. The molecule has 1 aliphatic heterocycles. The third kappa shape index (κ3) is 5.37. The van der Waals surface area contributed by atoms with Crippen LogP contribution < -0.4 is 10.6 Å². The molecule has 0 aromatic heterocycles. The van der Waals surface area contributed by atoms with Crippen LogP contribution in [0, 0.1) is 19.7 Å². The molecule has 0 radical (unpaired) electrons. The average molecular weight is 369 g/mol. The molecule has 1 heterocycles. The van der Waals surface area contributed by atoms with Crippen LogP contribution in [0.5, 0.6) is 0 Å². The van der Waals surface area contributed by atoms with Gasteiger partial charge in [0.2, 0.25) is 5.96 Å². The van der Waals surface area contributed by atoms with Gasteiger partial charge in [-0.25, -0.2) is 9.38 Å². The molecule has 1 aliphatic rings. The van der Waals surface area contributed by atoms with Gasteiger partial charge < -0.3 is 10.1 Å². The number of aliphatic imine (C=N–C) groups is 1. The van der Waals surface area contributed by atoms with Gasteiger partial charge in [-0.1, -0.05) is 6.07 Å². The summed E-state index contributed by atoms with van der Waals surface area (Å²) < 4.78 is 18.7. The van der Waals surface area contributed by atoms with Crippen molar-refractivity contribution in [3.63, 3.8) is 0 Å². The first kappa shape index (κ1) is 19.0. The summed E-state index contributed by atoms with van der Waals surface area (Å²) in [7, 11) is 0. The molecule has 0 bridgehead atoms. The normalized spacial score (nSPS) is 17.0. The van der Waals surface area contributed by atoms with E-state index in [1.165, 1.54) is 12.1 Å². The van der Waals surface area contributed by atoms with Crippen LogP contribution in [-0.4, -0.2) is 31.1 Å². The van der Waals surface area contributed by atoms with Crippen LogP contribution in [0.1, 0.15) is 34.3 Å². The Balaban J connectivity index is 1.75. The molecule has 142 valence electrons. The monoisotopic (exact) mass is 369 g/mol. The molecule has 2 N–H and O–H groups in total. The molecule has 3 rings (SSSR count). The second-order valence-corrected chi connectivity index (χ2v) is 6.71. The molecule has 27 heavy (non-hydrogen) atoms. The summed E-state index contributed by atoms with van der Waals surface area (Å²) >= 11 is 0. The predicted octanol–water partition coefficient (Wildman–Crippen LogP) is 3.82. The fraction of sp³-hybridized carbons (Fsp3) is 0.333. The zero-order chi connectivity index (χ0) is 19.2. The predicted molar refractivity (Wildman–Crippen MR) is 105 cm³/mol. The zero-order valence-electron chi connectivity index (χ0n) is 15.6. The number of benzene rings is 2. The molecule has 5 nitrogen and oxygen atoms in total. The lowest BCUT2D eigenvalue weighted by Crippen LogP contribution is -2.36. The Morgan fingerprint density at radius 2 is 1.96 bits per heavy atom. The molecule has 1 fully saturated rings. The molecule has 2 aromatic carbocycles. The van der Waals surface area contributed by atoms with Crippen LogP contribution in [0.2, 0.25) is 0 Å². The van der Waals surface area contributed by atoms with Crippen LogP contribution >= 0.6 is 0 Å². The van der Waals surface area contributed by atoms with E-state index in [1.807, 2.05) is 26.0 Å². The summed E-state index contributed by atoms with van der Waals surface area (Å²) in [6, 6.07) is 11.4. The van der Waals surface area contributed by atoms with Gasteiger partial charge in [0.1, 0.15) is 5.82 Å². The van der Waals surface area contributed by atoms with Gasteiger partial charge >= 0.3 is 0 Å². The van der Waals surface area contributed by atoms with Crippen molar-refractivity contribution in [3.05, 3.63) is 65.0 Å². The lowest BCUT2D eigenvalue weighted by atomic mass is 10.1. The minimum Gasteiger partial charge on any atom is -0.376 e. The van der Waals surface area contributed by atoms with E-state index in [9.17, 15) is 9.18 Å². The van der Waals surface area contributed by atoms with E-state index in [1.54, 1.807) is 18.2 Å². The lowest BCUT2D eigenvalue weighted by molar-refractivity contribution is 0.0975. The molecule has 0 spiro atoms. The minimum atomic E-state index is -0.322. The number of ether oxygens (including phenoxy) is 1. The number of rotatable bonds is 4. The molecular formula is C21H24FN3O2. The Kier molecular flexibility index (Phi) is 6.19. The maximum absolute atomic E-state index is 13.1. The number of hydrogen-bond donors (Lipinski definition) is 2. The third-order valence-corrected chi connectivity index (χ3v) is 4.59. The van der Waals surface area contributed by atoms with Gasteiger partial charge in [0.05, 0.1) is 12.6 Å². The molecule has 1 amide bonds. The summed E-state index contributed by atoms with van der Waals surface area (Å²) in [6.45, 7) is 5.17. The second-order valence-electron chi connectivity index (χ2n) is 6.71. The maximum atomic E-state index is 13.1. The van der Waals surface area contributed by atoms with Gasteiger partial charge in [-0.05, 0) is 74.2 Å². The first-order chi connectivity index (χ1) is 13.0. The van der Waals surface area contributed by atoms with Crippen LogP contribution in [0.15, 0.2) is 47.5 Å². The number of aryl methyl sites for hydroxylation is 2. The van der Waals surface area contributed by atoms with Crippen molar-refractivity contribution in [2.75, 3.05) is 18.5 Å². The maximum Gasteiger partial charge on any atom is 0.257 e. The van der Waals surface area contributed by atoms with Crippen molar-refractivity contribution in [1.29, 1.82) is 0 Å². The number of nitrogens with one attached hydrogen (secondary N) is 2. The molecule has 1 atom stereocenters. The topological polar surface area (TPSA) is 62.7 Å². The highest BCUT2D eigenvalue weighted by Gasteiger charge is 2.16. The standard InChI is InChI=1S/C21H24FN3O2/c1-14-5-6-16(12-15(14)2)20(26)25-21(23-13-19-4-3-11-27-19)24-18-9-7-17(22)8-10-18/h5-10,12,19H,3-4,11,13H2,1-2H3,(H2,23,24,25,26). The fourth-order valence-electron chi connectivity index (χ4n) is 2.82. The highest BCUT2D eigenvalue weighted by Crippen LogP contribution is 2.13. The molecule has 6 heteroatoms. The van der Waals surface area contributed by atoms with Crippen molar-refractivity contribution in [1.82, 2.24) is 5.32 Å². The van der Waals surface area contributed by atoms with Gasteiger partial charge in [-0.3, -0.25) is 10.1 Å². The van der Waals surface area contributed by atoms with Crippen molar-refractivity contribution >= 4 is 17.6 Å². The van der Waals surface area contributed by atoms with Crippen LogP contribution in [-0.2, 0) is 4.74 Å². The molecule has 2 aromatic rings. The molecule has 1 saturated heterocycles. The summed E-state index contributed by atoms with van der Waals surface area (Å²) in [5, 5.41) is 5.87. The van der Waals surface area contributed by atoms with Gasteiger partial charge in [0, 0.05) is 17.9 Å². The SMILES string of the molecule is Cc1ccc(C(=O)NC(=NCC2CCCO2)Nc2ccc(F)cc2)cc1C. The van der Waals surface area contributed by atoms with E-state index in [-0.39, 0.29) is 17.8 Å². The summed E-state index contributed by atoms with van der Waals surface area (Å²) in [5.74, 6) is -0.253. The highest BCUT2D eigenvalue weighted by molar-refractivity contribution is 6.10. The van der Waals surface area contributed by atoms with Crippen molar-refractivity contribution < 1.29 is 13.9 Å². The van der Waals surface area contributed by atoms with Crippen LogP contribution in [0.25, 0.3) is 0 Å². The van der Waals surface area contributed by atoms with E-state index in [0.29, 0.717) is 23.8 Å². The lowest BCUT2D eigenvalue weighted by Gasteiger charge is -2.14. The Morgan fingerprint density at radius 1 is 1.19 bits per heavy atom. The van der Waals surface area contributed by atoms with Crippen LogP contribution in [0.3, 0.4) is 0 Å². The van der Waals surface area contributed by atoms with Gasteiger partial charge in [-0.15, -0.1) is 0 Å². The first-order valence-corrected chi connectivity index (χ1v) is 9.08. The Bertz CT molecular complexity index is 828. The quantitative estimate of drug-likeness (QED) is 0.636. The van der Waals surface area contributed by atoms with Gasteiger partial charge in [-0.2, -0.15) is 0 Å². The fourth-order valence-corrected chi connectivity index (χ4v) is 2.82. The third-order valence-electron chi connectivity index (χ3n) is 4.59. The highest BCUT2D eigenvalue weighted by atomic mass is 19.1. The number of nitrogens with zero attached hydrogens (tertiary/aromatic N) is 1. The summed E-state index contributed by atoms with van der Waals surface area (Å²) in [4.78, 5) is 17.1. The van der Waals surface area contributed by atoms with E-state index in [2.05, 4.69) is 15.6 Å². The summed E-state index contributed by atoms with van der Waals surface area (Å²) in [5.41, 5.74) is 3.38. The molecule has 0 aliphatic carbocycles. The zero-order valence-corrected chi connectivity index (χ0v) is 15.6. The number of halogens is 1. The number of carbonyl (C=O) groups excluding carboxylic acids is 1. The number of amides is 1. The Hall–Kier alpha value is -2.73. The van der Waals surface area contributed by atoms with Crippen LogP contribution in [0.4, 0.5) is 10.1 Å². The number of guanidine groups is 1. The largest absolute Gasteiger partial charge is 0.376 e. The van der Waals surface area contributed by atoms with Gasteiger partial charge in [0.15, 0.2) is 0 Å². The van der Waals surface area contributed by atoms with E-state index in [4.69, 9.17) is 4.74 Å². The Labute approximate surface area is 158 Å². The number of anilines is 1.